The highest BCUT2D eigenvalue weighted by atomic mass is 19.1. The quantitative estimate of drug-likeness (QED) is 0.655. The first-order valence-corrected chi connectivity index (χ1v) is 11.0. The van der Waals surface area contributed by atoms with E-state index in [0.29, 0.717) is 12.2 Å². The van der Waals surface area contributed by atoms with E-state index in [0.717, 1.165) is 16.7 Å². The maximum atomic E-state index is 13.2. The molecule has 5 rings (SSSR count). The predicted octanol–water partition coefficient (Wildman–Crippen LogP) is 2.63. The molecular weight excluding hydrogens is 421 g/mol. The number of carbonyl (C=O) groups excluding carboxylic acids is 2. The number of piperazine rings is 1. The molecule has 168 valence electrons. The fourth-order valence-electron chi connectivity index (χ4n) is 5.00. The number of pyridine rings is 1. The minimum absolute atomic E-state index is 0.0227. The van der Waals surface area contributed by atoms with Gasteiger partial charge in [-0.15, -0.1) is 0 Å². The number of aliphatic hydroxyl groups is 1. The Morgan fingerprint density at radius 2 is 1.73 bits per heavy atom. The minimum Gasteiger partial charge on any atom is -0.394 e. The van der Waals surface area contributed by atoms with Gasteiger partial charge >= 0.3 is 0 Å². The van der Waals surface area contributed by atoms with Gasteiger partial charge in [-0.3, -0.25) is 14.6 Å². The van der Waals surface area contributed by atoms with Crippen molar-refractivity contribution in [2.24, 2.45) is 0 Å². The number of fused-ring (bicyclic) bond motifs is 1. The SMILES string of the molecule is O=C(Cc1ccccn1)N1CC(=O)N2[C@H](CO)[C@H](c3ccc(-c4ccc(F)cc4)cc3)[C@@H]2C1. The molecule has 0 unspecified atom stereocenters. The van der Waals surface area contributed by atoms with Crippen LogP contribution in [0, 0.1) is 5.82 Å². The molecule has 2 aliphatic rings. The van der Waals surface area contributed by atoms with Gasteiger partial charge in [0.1, 0.15) is 5.82 Å². The summed E-state index contributed by atoms with van der Waals surface area (Å²) in [6, 6.07) is 19.2. The summed E-state index contributed by atoms with van der Waals surface area (Å²) >= 11 is 0. The van der Waals surface area contributed by atoms with Crippen molar-refractivity contribution in [3.8, 4) is 11.1 Å². The summed E-state index contributed by atoms with van der Waals surface area (Å²) in [4.78, 5) is 33.2. The third-order valence-electron chi connectivity index (χ3n) is 6.64. The summed E-state index contributed by atoms with van der Waals surface area (Å²) in [6.45, 7) is 0.321. The van der Waals surface area contributed by atoms with Crippen molar-refractivity contribution in [3.05, 3.63) is 90.0 Å². The molecule has 2 aliphatic heterocycles. The van der Waals surface area contributed by atoms with Crippen molar-refractivity contribution in [2.75, 3.05) is 19.7 Å². The van der Waals surface area contributed by atoms with Crippen LogP contribution in [-0.2, 0) is 16.0 Å². The average Bonchev–Trinajstić information content (AvgIpc) is 2.82. The van der Waals surface area contributed by atoms with Gasteiger partial charge in [0.15, 0.2) is 0 Å². The Morgan fingerprint density at radius 3 is 2.36 bits per heavy atom. The van der Waals surface area contributed by atoms with Crippen molar-refractivity contribution in [1.29, 1.82) is 0 Å². The zero-order valence-corrected chi connectivity index (χ0v) is 18.0. The summed E-state index contributed by atoms with van der Waals surface area (Å²) in [5, 5.41) is 9.98. The molecule has 0 bridgehead atoms. The summed E-state index contributed by atoms with van der Waals surface area (Å²) in [7, 11) is 0. The second kappa shape index (κ2) is 8.75. The Balaban J connectivity index is 1.34. The Bertz CT molecular complexity index is 1150. The summed E-state index contributed by atoms with van der Waals surface area (Å²) in [6.07, 6.45) is 1.80. The monoisotopic (exact) mass is 445 g/mol. The number of rotatable bonds is 5. The van der Waals surface area contributed by atoms with Crippen LogP contribution < -0.4 is 0 Å². The molecule has 3 atom stereocenters. The predicted molar refractivity (Wildman–Crippen MR) is 121 cm³/mol. The van der Waals surface area contributed by atoms with E-state index in [1.807, 2.05) is 30.3 Å². The summed E-state index contributed by atoms with van der Waals surface area (Å²) in [5.41, 5.74) is 3.55. The number of carbonyl (C=O) groups is 2. The average molecular weight is 445 g/mol. The highest BCUT2D eigenvalue weighted by Gasteiger charge is 2.54. The molecular formula is C26H24FN3O3. The molecule has 1 N–H and O–H groups in total. The van der Waals surface area contributed by atoms with Gasteiger partial charge in [0.05, 0.1) is 31.7 Å². The first kappa shape index (κ1) is 21.3. The number of aromatic nitrogens is 1. The number of benzene rings is 2. The Labute approximate surface area is 191 Å². The lowest BCUT2D eigenvalue weighted by Crippen LogP contribution is -2.73. The van der Waals surface area contributed by atoms with Crippen molar-refractivity contribution in [1.82, 2.24) is 14.8 Å². The zero-order valence-electron chi connectivity index (χ0n) is 18.0. The molecule has 0 saturated carbocycles. The number of aliphatic hydroxyl groups excluding tert-OH is 1. The topological polar surface area (TPSA) is 73.7 Å². The molecule has 0 radical (unpaired) electrons. The minimum atomic E-state index is -0.299. The second-order valence-electron chi connectivity index (χ2n) is 8.55. The van der Waals surface area contributed by atoms with Crippen molar-refractivity contribution < 1.29 is 19.1 Å². The molecule has 2 fully saturated rings. The Kier molecular flexibility index (Phi) is 5.64. The number of nitrogens with zero attached hydrogens (tertiary/aromatic N) is 3. The van der Waals surface area contributed by atoms with Crippen molar-refractivity contribution in [2.45, 2.75) is 24.4 Å². The van der Waals surface area contributed by atoms with E-state index < -0.39 is 0 Å². The van der Waals surface area contributed by atoms with Gasteiger partial charge in [-0.1, -0.05) is 42.5 Å². The smallest absolute Gasteiger partial charge is 0.242 e. The first-order valence-electron chi connectivity index (χ1n) is 11.0. The van der Waals surface area contributed by atoms with Crippen LogP contribution in [0.5, 0.6) is 0 Å². The highest BCUT2D eigenvalue weighted by Crippen LogP contribution is 2.43. The lowest BCUT2D eigenvalue weighted by atomic mass is 9.73. The maximum absolute atomic E-state index is 13.2. The molecule has 3 aromatic rings. The van der Waals surface area contributed by atoms with Crippen LogP contribution >= 0.6 is 0 Å². The number of hydrogen-bond acceptors (Lipinski definition) is 4. The van der Waals surface area contributed by atoms with E-state index >= 15 is 0 Å². The molecule has 0 aliphatic carbocycles. The highest BCUT2D eigenvalue weighted by molar-refractivity contribution is 5.88. The van der Waals surface area contributed by atoms with E-state index in [2.05, 4.69) is 4.98 Å². The van der Waals surface area contributed by atoms with Gasteiger partial charge in [-0.05, 0) is 41.0 Å². The maximum Gasteiger partial charge on any atom is 0.242 e. The van der Waals surface area contributed by atoms with E-state index in [1.165, 1.54) is 12.1 Å². The van der Waals surface area contributed by atoms with Crippen LogP contribution in [-0.4, -0.2) is 63.5 Å². The largest absolute Gasteiger partial charge is 0.394 e. The zero-order chi connectivity index (χ0) is 22.9. The number of amides is 2. The standard InChI is InChI=1S/C26H24FN3O3/c27-20-10-8-18(9-11-20)17-4-6-19(7-5-17)26-22-14-29(15-25(33)30(22)23(26)16-31)24(32)13-21-3-1-2-12-28-21/h1-12,22-23,26,31H,13-16H2/t22-,23+,26+/m0/s1. The Morgan fingerprint density at radius 1 is 1.03 bits per heavy atom. The fourth-order valence-corrected chi connectivity index (χ4v) is 5.00. The van der Waals surface area contributed by atoms with Gasteiger partial charge in [0.25, 0.3) is 0 Å². The molecule has 0 spiro atoms. The van der Waals surface area contributed by atoms with Gasteiger partial charge in [-0.25, -0.2) is 4.39 Å². The van der Waals surface area contributed by atoms with E-state index in [4.69, 9.17) is 0 Å². The third-order valence-corrected chi connectivity index (χ3v) is 6.64. The second-order valence-corrected chi connectivity index (χ2v) is 8.55. The lowest BCUT2D eigenvalue weighted by molar-refractivity contribution is -0.166. The molecule has 6 nitrogen and oxygen atoms in total. The number of halogens is 1. The normalized spacial score (nSPS) is 22.0. The van der Waals surface area contributed by atoms with Crippen LogP contribution in [0.2, 0.25) is 0 Å². The molecule has 3 heterocycles. The van der Waals surface area contributed by atoms with Gasteiger partial charge in [0, 0.05) is 24.4 Å². The van der Waals surface area contributed by atoms with Crippen molar-refractivity contribution >= 4 is 11.8 Å². The van der Waals surface area contributed by atoms with Crippen LogP contribution in [0.15, 0.2) is 72.9 Å². The van der Waals surface area contributed by atoms with Crippen LogP contribution in [0.4, 0.5) is 4.39 Å². The van der Waals surface area contributed by atoms with Crippen LogP contribution in [0.25, 0.3) is 11.1 Å². The lowest BCUT2D eigenvalue weighted by Gasteiger charge is -2.58. The van der Waals surface area contributed by atoms with Gasteiger partial charge in [-0.2, -0.15) is 0 Å². The van der Waals surface area contributed by atoms with E-state index in [1.54, 1.807) is 40.3 Å². The molecule has 33 heavy (non-hydrogen) atoms. The van der Waals surface area contributed by atoms with Crippen molar-refractivity contribution in [3.63, 3.8) is 0 Å². The molecule has 2 saturated heterocycles. The molecule has 2 amide bonds. The Hall–Kier alpha value is -3.58. The van der Waals surface area contributed by atoms with E-state index in [9.17, 15) is 19.1 Å². The van der Waals surface area contributed by atoms with Gasteiger partial charge in [0.2, 0.25) is 11.8 Å². The molecule has 2 aromatic carbocycles. The fraction of sp³-hybridized carbons (Fsp3) is 0.269. The van der Waals surface area contributed by atoms with Crippen LogP contribution in [0.3, 0.4) is 0 Å². The number of hydrogen-bond donors (Lipinski definition) is 1. The van der Waals surface area contributed by atoms with Crippen LogP contribution in [0.1, 0.15) is 17.2 Å². The van der Waals surface area contributed by atoms with E-state index in [-0.39, 0.29) is 55.2 Å². The summed E-state index contributed by atoms with van der Waals surface area (Å²) in [5.74, 6) is -0.607. The molecule has 1 aromatic heterocycles. The van der Waals surface area contributed by atoms with Gasteiger partial charge < -0.3 is 14.9 Å². The third kappa shape index (κ3) is 4.00. The summed E-state index contributed by atoms with van der Waals surface area (Å²) < 4.78 is 13.2. The first-order chi connectivity index (χ1) is 16.0. The molecule has 7 heteroatoms.